The van der Waals surface area contributed by atoms with E-state index in [1.165, 1.54) is 43.4 Å². The fourth-order valence-electron chi connectivity index (χ4n) is 4.91. The van der Waals surface area contributed by atoms with Gasteiger partial charge in [-0.25, -0.2) is 0 Å². The van der Waals surface area contributed by atoms with Gasteiger partial charge in [0.1, 0.15) is 0 Å². The lowest BCUT2D eigenvalue weighted by Gasteiger charge is -2.32. The highest BCUT2D eigenvalue weighted by atomic mass is 16.7. The van der Waals surface area contributed by atoms with Crippen LogP contribution < -0.4 is 5.46 Å². The van der Waals surface area contributed by atoms with Crippen LogP contribution in [0.2, 0.25) is 0 Å². The lowest BCUT2D eigenvalue weighted by atomic mass is 9.77. The van der Waals surface area contributed by atoms with Gasteiger partial charge in [-0.2, -0.15) is 0 Å². The van der Waals surface area contributed by atoms with Gasteiger partial charge in [-0.15, -0.1) is 0 Å². The molecule has 5 aromatic carbocycles. The van der Waals surface area contributed by atoms with E-state index in [4.69, 9.17) is 9.31 Å². The quantitative estimate of drug-likeness (QED) is 0.219. The highest BCUT2D eigenvalue weighted by Gasteiger charge is 2.51. The molecule has 1 heterocycles. The summed E-state index contributed by atoms with van der Waals surface area (Å²) in [5.41, 5.74) is 2.81. The smallest absolute Gasteiger partial charge is 0.399 e. The van der Waals surface area contributed by atoms with Gasteiger partial charge >= 0.3 is 7.12 Å². The largest absolute Gasteiger partial charge is 0.494 e. The number of rotatable bonds is 2. The fraction of sp³-hybridized carbons (Fsp3) is 0.200. The summed E-state index contributed by atoms with van der Waals surface area (Å²) in [6.07, 6.45) is 0. The van der Waals surface area contributed by atoms with E-state index < -0.39 is 0 Å². The molecule has 162 valence electrons. The Bertz CT molecular complexity index is 1500. The molecule has 5 aromatic rings. The normalized spacial score (nSPS) is 17.3. The standard InChI is InChI=1S/C30H27BO2/c1-29(2)30(3,4)33-31(32-29)22-15-17-26-27-18-21(20-10-6-5-7-11-20)14-16-25(27)23-12-8-9-13-24(23)28(26)19-22/h5-19H,1-4H3. The molecule has 0 saturated carbocycles. The van der Waals surface area contributed by atoms with Crippen LogP contribution in [0.1, 0.15) is 27.7 Å². The Kier molecular flexibility index (Phi) is 4.45. The first-order valence-corrected chi connectivity index (χ1v) is 11.6. The molecular weight excluding hydrogens is 403 g/mol. The van der Waals surface area contributed by atoms with E-state index >= 15 is 0 Å². The van der Waals surface area contributed by atoms with Gasteiger partial charge in [0.2, 0.25) is 0 Å². The minimum Gasteiger partial charge on any atom is -0.399 e. The summed E-state index contributed by atoms with van der Waals surface area (Å²) in [5.74, 6) is 0. The summed E-state index contributed by atoms with van der Waals surface area (Å²) >= 11 is 0. The zero-order chi connectivity index (χ0) is 22.8. The van der Waals surface area contributed by atoms with Crippen LogP contribution in [0, 0.1) is 0 Å². The topological polar surface area (TPSA) is 18.5 Å². The van der Waals surface area contributed by atoms with Crippen molar-refractivity contribution in [2.24, 2.45) is 0 Å². The number of fused-ring (bicyclic) bond motifs is 6. The van der Waals surface area contributed by atoms with Crippen molar-refractivity contribution in [3.8, 4) is 11.1 Å². The average Bonchev–Trinajstić information content (AvgIpc) is 3.06. The minimum absolute atomic E-state index is 0.358. The maximum atomic E-state index is 6.35. The number of benzene rings is 5. The molecule has 0 bridgehead atoms. The molecule has 0 unspecified atom stereocenters. The second-order valence-electron chi connectivity index (χ2n) is 10.1. The van der Waals surface area contributed by atoms with Gasteiger partial charge in [0.15, 0.2) is 0 Å². The molecule has 0 amide bonds. The minimum atomic E-state index is -0.371. The van der Waals surface area contributed by atoms with Crippen molar-refractivity contribution in [2.75, 3.05) is 0 Å². The first-order valence-electron chi connectivity index (χ1n) is 11.6. The molecule has 0 spiro atoms. The zero-order valence-corrected chi connectivity index (χ0v) is 19.6. The highest BCUT2D eigenvalue weighted by Crippen LogP contribution is 2.39. The molecule has 0 atom stereocenters. The Morgan fingerprint density at radius 2 is 1.00 bits per heavy atom. The Morgan fingerprint density at radius 3 is 1.70 bits per heavy atom. The maximum Gasteiger partial charge on any atom is 0.494 e. The molecule has 1 aliphatic rings. The molecule has 0 radical (unpaired) electrons. The summed E-state index contributed by atoms with van der Waals surface area (Å²) in [5, 5.41) is 7.56. The molecule has 1 saturated heterocycles. The maximum absolute atomic E-state index is 6.35. The first-order chi connectivity index (χ1) is 15.8. The SMILES string of the molecule is CC1(C)OB(c2ccc3c(c2)c2ccccc2c2ccc(-c4ccccc4)cc23)OC1(C)C. The Labute approximate surface area is 195 Å². The van der Waals surface area contributed by atoms with Crippen molar-refractivity contribution in [3.05, 3.63) is 91.0 Å². The van der Waals surface area contributed by atoms with Crippen molar-refractivity contribution in [1.29, 1.82) is 0 Å². The van der Waals surface area contributed by atoms with Crippen molar-refractivity contribution >= 4 is 44.9 Å². The van der Waals surface area contributed by atoms with Gasteiger partial charge in [0, 0.05) is 0 Å². The lowest BCUT2D eigenvalue weighted by molar-refractivity contribution is 0.00578. The van der Waals surface area contributed by atoms with Crippen LogP contribution in [-0.4, -0.2) is 18.3 Å². The van der Waals surface area contributed by atoms with Crippen LogP contribution in [0.4, 0.5) is 0 Å². The van der Waals surface area contributed by atoms with Gasteiger partial charge in [-0.3, -0.25) is 0 Å². The van der Waals surface area contributed by atoms with Gasteiger partial charge in [0.25, 0.3) is 0 Å². The van der Waals surface area contributed by atoms with Crippen molar-refractivity contribution in [1.82, 2.24) is 0 Å². The molecule has 2 nitrogen and oxygen atoms in total. The predicted molar refractivity (Wildman–Crippen MR) is 140 cm³/mol. The third-order valence-electron chi connectivity index (χ3n) is 7.49. The lowest BCUT2D eigenvalue weighted by Crippen LogP contribution is -2.41. The van der Waals surface area contributed by atoms with E-state index in [2.05, 4.69) is 119 Å². The van der Waals surface area contributed by atoms with E-state index in [9.17, 15) is 0 Å². The summed E-state index contributed by atoms with van der Waals surface area (Å²) in [6.45, 7) is 8.40. The van der Waals surface area contributed by atoms with Crippen LogP contribution in [0.25, 0.3) is 43.4 Å². The van der Waals surface area contributed by atoms with E-state index in [0.717, 1.165) is 5.46 Å². The summed E-state index contributed by atoms with van der Waals surface area (Å²) in [7, 11) is -0.371. The second-order valence-corrected chi connectivity index (χ2v) is 10.1. The zero-order valence-electron chi connectivity index (χ0n) is 19.6. The molecule has 0 N–H and O–H groups in total. The molecular formula is C30H27BO2. The van der Waals surface area contributed by atoms with Crippen molar-refractivity contribution < 1.29 is 9.31 Å². The van der Waals surface area contributed by atoms with Crippen molar-refractivity contribution in [2.45, 2.75) is 38.9 Å². The van der Waals surface area contributed by atoms with E-state index in [-0.39, 0.29) is 18.3 Å². The summed E-state index contributed by atoms with van der Waals surface area (Å²) < 4.78 is 12.7. The van der Waals surface area contributed by atoms with Gasteiger partial charge < -0.3 is 9.31 Å². The molecule has 0 aromatic heterocycles. The molecule has 1 aliphatic heterocycles. The van der Waals surface area contributed by atoms with Gasteiger partial charge in [0.05, 0.1) is 11.2 Å². The van der Waals surface area contributed by atoms with E-state index in [0.29, 0.717) is 0 Å². The van der Waals surface area contributed by atoms with Crippen LogP contribution in [0.15, 0.2) is 91.0 Å². The van der Waals surface area contributed by atoms with E-state index in [1.54, 1.807) is 0 Å². The molecule has 3 heteroatoms. The average molecular weight is 430 g/mol. The van der Waals surface area contributed by atoms with Crippen LogP contribution >= 0.6 is 0 Å². The Morgan fingerprint density at radius 1 is 0.485 bits per heavy atom. The monoisotopic (exact) mass is 430 g/mol. The Hall–Kier alpha value is -3.14. The second kappa shape index (κ2) is 7.18. The number of hydrogen-bond donors (Lipinski definition) is 0. The molecule has 6 rings (SSSR count). The van der Waals surface area contributed by atoms with Gasteiger partial charge in [-0.1, -0.05) is 84.9 Å². The van der Waals surface area contributed by atoms with Crippen LogP contribution in [0.3, 0.4) is 0 Å². The van der Waals surface area contributed by atoms with Crippen molar-refractivity contribution in [3.63, 3.8) is 0 Å². The van der Waals surface area contributed by atoms with E-state index in [1.807, 2.05) is 0 Å². The number of hydrogen-bond acceptors (Lipinski definition) is 2. The predicted octanol–water partition coefficient (Wildman–Crippen LogP) is 7.11. The first kappa shape index (κ1) is 20.5. The van der Waals surface area contributed by atoms with Crippen LogP contribution in [-0.2, 0) is 9.31 Å². The molecule has 1 fully saturated rings. The third kappa shape index (κ3) is 3.19. The highest BCUT2D eigenvalue weighted by molar-refractivity contribution is 6.62. The Balaban J connectivity index is 1.60. The fourth-order valence-corrected chi connectivity index (χ4v) is 4.91. The molecule has 33 heavy (non-hydrogen) atoms. The van der Waals surface area contributed by atoms with Crippen LogP contribution in [0.5, 0.6) is 0 Å². The summed E-state index contributed by atoms with van der Waals surface area (Å²) in [6, 6.07) is 32.7. The van der Waals surface area contributed by atoms with Gasteiger partial charge in [-0.05, 0) is 82.7 Å². The molecule has 0 aliphatic carbocycles. The third-order valence-corrected chi connectivity index (χ3v) is 7.49. The summed E-state index contributed by atoms with van der Waals surface area (Å²) in [4.78, 5) is 0.